The Kier molecular flexibility index (Phi) is 4.45. The summed E-state index contributed by atoms with van der Waals surface area (Å²) in [7, 11) is 0. The Bertz CT molecular complexity index is 690. The van der Waals surface area contributed by atoms with E-state index in [1.807, 2.05) is 0 Å². The van der Waals surface area contributed by atoms with Crippen LogP contribution in [-0.2, 0) is 13.1 Å². The Morgan fingerprint density at radius 2 is 2.33 bits per heavy atom. The molecule has 0 atom stereocenters. The van der Waals surface area contributed by atoms with Crippen LogP contribution in [-0.4, -0.2) is 9.78 Å². The molecule has 2 aromatic rings. The second kappa shape index (κ2) is 6.32. The van der Waals surface area contributed by atoms with Crippen molar-refractivity contribution in [2.24, 2.45) is 5.92 Å². The van der Waals surface area contributed by atoms with Crippen LogP contribution in [0.5, 0.6) is 0 Å². The first-order valence-corrected chi connectivity index (χ1v) is 8.85. The maximum Gasteiger partial charge on any atom is 0.291 e. The number of hydrogen-bond donors (Lipinski definition) is 1. The predicted octanol–water partition coefficient (Wildman–Crippen LogP) is 3.79. The van der Waals surface area contributed by atoms with Gasteiger partial charge in [-0.25, -0.2) is 4.68 Å². The lowest BCUT2D eigenvalue weighted by molar-refractivity contribution is 0.262. The van der Waals surface area contributed by atoms with Gasteiger partial charge < -0.3 is 5.32 Å². The van der Waals surface area contributed by atoms with Crippen molar-refractivity contribution >= 4 is 33.0 Å². The number of rotatable bonds is 5. The second-order valence-corrected chi connectivity index (χ2v) is 7.39. The molecule has 0 bridgehead atoms. The molecule has 3 rings (SSSR count). The van der Waals surface area contributed by atoms with E-state index in [1.54, 1.807) is 22.2 Å². The maximum absolute atomic E-state index is 12.5. The summed E-state index contributed by atoms with van der Waals surface area (Å²) in [6.45, 7) is 3.49. The third-order valence-corrected chi connectivity index (χ3v) is 5.67. The van der Waals surface area contributed by atoms with E-state index in [4.69, 9.17) is 0 Å². The van der Waals surface area contributed by atoms with Gasteiger partial charge in [0.2, 0.25) is 0 Å². The van der Waals surface area contributed by atoms with Crippen LogP contribution in [0.4, 0.5) is 5.69 Å². The maximum atomic E-state index is 12.5. The molecule has 0 aromatic carbocycles. The normalized spacial score (nSPS) is 15.0. The molecule has 0 amide bonds. The van der Waals surface area contributed by atoms with Gasteiger partial charge in [0, 0.05) is 18.0 Å². The number of halogens is 1. The molecule has 6 heteroatoms. The highest BCUT2D eigenvalue weighted by molar-refractivity contribution is 9.10. The van der Waals surface area contributed by atoms with E-state index in [0.717, 1.165) is 11.0 Å². The van der Waals surface area contributed by atoms with E-state index in [-0.39, 0.29) is 5.56 Å². The molecule has 112 valence electrons. The quantitative estimate of drug-likeness (QED) is 0.874. The Labute approximate surface area is 136 Å². The van der Waals surface area contributed by atoms with E-state index in [1.165, 1.54) is 29.7 Å². The lowest BCUT2D eigenvalue weighted by atomic mass is 9.85. The van der Waals surface area contributed by atoms with Crippen molar-refractivity contribution in [2.75, 3.05) is 5.32 Å². The molecule has 4 nitrogen and oxygen atoms in total. The first kappa shape index (κ1) is 14.8. The van der Waals surface area contributed by atoms with E-state index in [0.29, 0.717) is 18.2 Å². The van der Waals surface area contributed by atoms with Gasteiger partial charge >= 0.3 is 0 Å². The molecule has 1 fully saturated rings. The molecule has 1 saturated carbocycles. The standard InChI is InChI=1S/C15H18BrN3OS/c1-10-5-6-21-13(10)8-17-14-12(16)7-18-19(15(14)20)9-11-3-2-4-11/h5-7,11,17H,2-4,8-9H2,1H3. The highest BCUT2D eigenvalue weighted by atomic mass is 79.9. The van der Waals surface area contributed by atoms with Crippen molar-refractivity contribution in [3.05, 3.63) is 42.9 Å². The molecule has 0 aliphatic heterocycles. The van der Waals surface area contributed by atoms with Crippen molar-refractivity contribution in [2.45, 2.75) is 39.3 Å². The van der Waals surface area contributed by atoms with Gasteiger partial charge in [-0.1, -0.05) is 6.42 Å². The first-order chi connectivity index (χ1) is 10.1. The van der Waals surface area contributed by atoms with Gasteiger partial charge in [0.15, 0.2) is 0 Å². The average Bonchev–Trinajstić information content (AvgIpc) is 2.81. The fourth-order valence-electron chi connectivity index (χ4n) is 2.43. The first-order valence-electron chi connectivity index (χ1n) is 7.17. The number of thiophene rings is 1. The highest BCUT2D eigenvalue weighted by Crippen LogP contribution is 2.27. The highest BCUT2D eigenvalue weighted by Gasteiger charge is 2.20. The molecule has 2 heterocycles. The van der Waals surface area contributed by atoms with Gasteiger partial charge in [-0.3, -0.25) is 4.79 Å². The molecule has 0 spiro atoms. The zero-order valence-corrected chi connectivity index (χ0v) is 14.3. The van der Waals surface area contributed by atoms with Gasteiger partial charge in [-0.2, -0.15) is 5.10 Å². The van der Waals surface area contributed by atoms with Crippen molar-refractivity contribution in [1.29, 1.82) is 0 Å². The lowest BCUT2D eigenvalue weighted by Crippen LogP contribution is -2.30. The molecule has 0 unspecified atom stereocenters. The summed E-state index contributed by atoms with van der Waals surface area (Å²) in [5, 5.41) is 9.58. The topological polar surface area (TPSA) is 46.9 Å². The van der Waals surface area contributed by atoms with Crippen LogP contribution in [0.3, 0.4) is 0 Å². The van der Waals surface area contributed by atoms with Gasteiger partial charge in [0.1, 0.15) is 5.69 Å². The monoisotopic (exact) mass is 367 g/mol. The molecule has 1 aliphatic rings. The summed E-state index contributed by atoms with van der Waals surface area (Å²) in [6, 6.07) is 2.10. The molecular formula is C15H18BrN3OS. The van der Waals surface area contributed by atoms with Crippen molar-refractivity contribution in [3.63, 3.8) is 0 Å². The summed E-state index contributed by atoms with van der Waals surface area (Å²) in [5.41, 5.74) is 1.83. The third kappa shape index (κ3) is 3.21. The third-order valence-electron chi connectivity index (χ3n) is 4.05. The minimum atomic E-state index is -0.0366. The van der Waals surface area contributed by atoms with Crippen LogP contribution in [0.2, 0.25) is 0 Å². The lowest BCUT2D eigenvalue weighted by Gasteiger charge is -2.25. The smallest absolute Gasteiger partial charge is 0.291 e. The Morgan fingerprint density at radius 1 is 1.52 bits per heavy atom. The van der Waals surface area contributed by atoms with Crippen LogP contribution in [0, 0.1) is 12.8 Å². The zero-order chi connectivity index (χ0) is 14.8. The van der Waals surface area contributed by atoms with E-state index < -0.39 is 0 Å². The van der Waals surface area contributed by atoms with Crippen LogP contribution >= 0.6 is 27.3 Å². The molecule has 21 heavy (non-hydrogen) atoms. The van der Waals surface area contributed by atoms with Gasteiger partial charge in [-0.05, 0) is 58.6 Å². The number of nitrogens with one attached hydrogen (secondary N) is 1. The summed E-state index contributed by atoms with van der Waals surface area (Å²) in [5.74, 6) is 0.615. The molecule has 0 radical (unpaired) electrons. The molecule has 0 saturated heterocycles. The number of aryl methyl sites for hydroxylation is 1. The van der Waals surface area contributed by atoms with Crippen molar-refractivity contribution in [3.8, 4) is 0 Å². The summed E-state index contributed by atoms with van der Waals surface area (Å²) in [6.07, 6.45) is 5.41. The Balaban J connectivity index is 1.78. The fourth-order valence-corrected chi connectivity index (χ4v) is 3.68. The second-order valence-electron chi connectivity index (χ2n) is 5.53. The number of hydrogen-bond acceptors (Lipinski definition) is 4. The van der Waals surface area contributed by atoms with Crippen LogP contribution in [0.25, 0.3) is 0 Å². The fraction of sp³-hybridized carbons (Fsp3) is 0.467. The summed E-state index contributed by atoms with van der Waals surface area (Å²) >= 11 is 5.13. The predicted molar refractivity (Wildman–Crippen MR) is 89.9 cm³/mol. The molecule has 1 N–H and O–H groups in total. The minimum Gasteiger partial charge on any atom is -0.375 e. The molecule has 1 aliphatic carbocycles. The summed E-state index contributed by atoms with van der Waals surface area (Å²) < 4.78 is 2.32. The average molecular weight is 368 g/mol. The molecular weight excluding hydrogens is 350 g/mol. The van der Waals surface area contributed by atoms with Crippen molar-refractivity contribution in [1.82, 2.24) is 9.78 Å². The summed E-state index contributed by atoms with van der Waals surface area (Å²) in [4.78, 5) is 13.8. The number of aromatic nitrogens is 2. The van der Waals surface area contributed by atoms with Crippen LogP contribution in [0.15, 0.2) is 26.9 Å². The molecule has 2 aromatic heterocycles. The zero-order valence-electron chi connectivity index (χ0n) is 11.9. The van der Waals surface area contributed by atoms with E-state index in [9.17, 15) is 4.79 Å². The minimum absolute atomic E-state index is 0.0366. The van der Waals surface area contributed by atoms with E-state index in [2.05, 4.69) is 44.7 Å². The van der Waals surface area contributed by atoms with Gasteiger partial charge in [0.25, 0.3) is 5.56 Å². The van der Waals surface area contributed by atoms with Gasteiger partial charge in [-0.15, -0.1) is 11.3 Å². The van der Waals surface area contributed by atoms with Crippen molar-refractivity contribution < 1.29 is 0 Å². The number of nitrogens with zero attached hydrogens (tertiary/aromatic N) is 2. The van der Waals surface area contributed by atoms with E-state index >= 15 is 0 Å². The number of anilines is 1. The Morgan fingerprint density at radius 3 is 2.95 bits per heavy atom. The van der Waals surface area contributed by atoms with Crippen LogP contribution in [0.1, 0.15) is 29.7 Å². The largest absolute Gasteiger partial charge is 0.375 e. The Hall–Kier alpha value is -1.14. The SMILES string of the molecule is Cc1ccsc1CNc1c(Br)cnn(CC2CCC2)c1=O. The van der Waals surface area contributed by atoms with Crippen LogP contribution < -0.4 is 10.9 Å². The van der Waals surface area contributed by atoms with Gasteiger partial charge in [0.05, 0.1) is 10.7 Å².